The molecular formula is C20H24N2O4S. The Kier molecular flexibility index (Phi) is 5.82. The summed E-state index contributed by atoms with van der Waals surface area (Å²) in [6.45, 7) is 4.72. The number of sulfonamides is 1. The van der Waals surface area contributed by atoms with Gasteiger partial charge in [0.2, 0.25) is 15.9 Å². The molecule has 1 fully saturated rings. The van der Waals surface area contributed by atoms with E-state index in [1.807, 2.05) is 13.8 Å². The van der Waals surface area contributed by atoms with Crippen LogP contribution in [0.4, 0.5) is 5.69 Å². The number of nitrogens with zero attached hydrogens (tertiary/aromatic N) is 1. The molecule has 1 atom stereocenters. The SMILES string of the molecule is CCOc1ccc(NC(=O)C2CCCN2S(=O)(=O)c2ccc(C)cc2)cc1. The van der Waals surface area contributed by atoms with Gasteiger partial charge in [0.05, 0.1) is 11.5 Å². The summed E-state index contributed by atoms with van der Waals surface area (Å²) >= 11 is 0. The molecule has 2 aromatic rings. The zero-order chi connectivity index (χ0) is 19.4. The number of amides is 1. The fourth-order valence-electron chi connectivity index (χ4n) is 3.16. The lowest BCUT2D eigenvalue weighted by Crippen LogP contribution is -2.43. The lowest BCUT2D eigenvalue weighted by Gasteiger charge is -2.23. The fraction of sp³-hybridized carbons (Fsp3) is 0.350. The minimum Gasteiger partial charge on any atom is -0.494 e. The van der Waals surface area contributed by atoms with Gasteiger partial charge in [-0.3, -0.25) is 4.79 Å². The zero-order valence-corrected chi connectivity index (χ0v) is 16.3. The minimum atomic E-state index is -3.70. The molecule has 0 radical (unpaired) electrons. The normalized spacial score (nSPS) is 17.6. The molecule has 0 aromatic heterocycles. The molecular weight excluding hydrogens is 364 g/mol. The molecule has 1 amide bonds. The number of ether oxygens (including phenoxy) is 1. The van der Waals surface area contributed by atoms with Crippen LogP contribution in [-0.4, -0.2) is 37.8 Å². The van der Waals surface area contributed by atoms with E-state index >= 15 is 0 Å². The van der Waals surface area contributed by atoms with Gasteiger partial charge < -0.3 is 10.1 Å². The molecule has 1 aliphatic heterocycles. The Morgan fingerprint density at radius 2 is 1.81 bits per heavy atom. The maximum absolute atomic E-state index is 13.0. The van der Waals surface area contributed by atoms with Gasteiger partial charge >= 0.3 is 0 Å². The standard InChI is InChI=1S/C20H24N2O4S/c1-3-26-17-10-8-16(9-11-17)21-20(23)19-5-4-14-22(19)27(24,25)18-12-6-15(2)7-13-18/h6-13,19H,3-5,14H2,1-2H3,(H,21,23). The fourth-order valence-corrected chi connectivity index (χ4v) is 4.82. The van der Waals surface area contributed by atoms with Crippen molar-refractivity contribution in [3.8, 4) is 5.75 Å². The van der Waals surface area contributed by atoms with Gasteiger partial charge in [-0.25, -0.2) is 8.42 Å². The lowest BCUT2D eigenvalue weighted by molar-refractivity contribution is -0.119. The quantitative estimate of drug-likeness (QED) is 0.825. The van der Waals surface area contributed by atoms with Crippen LogP contribution in [0.2, 0.25) is 0 Å². The van der Waals surface area contributed by atoms with Gasteiger partial charge in [-0.05, 0) is 63.1 Å². The highest BCUT2D eigenvalue weighted by Gasteiger charge is 2.39. The van der Waals surface area contributed by atoms with E-state index in [1.54, 1.807) is 48.5 Å². The van der Waals surface area contributed by atoms with Crippen molar-refractivity contribution in [3.63, 3.8) is 0 Å². The van der Waals surface area contributed by atoms with Crippen LogP contribution in [-0.2, 0) is 14.8 Å². The molecule has 1 aliphatic rings. The summed E-state index contributed by atoms with van der Waals surface area (Å²) < 4.78 is 32.6. The van der Waals surface area contributed by atoms with Crippen molar-refractivity contribution in [1.29, 1.82) is 0 Å². The highest BCUT2D eigenvalue weighted by Crippen LogP contribution is 2.27. The van der Waals surface area contributed by atoms with Crippen molar-refractivity contribution in [2.24, 2.45) is 0 Å². The van der Waals surface area contributed by atoms with E-state index in [0.29, 0.717) is 31.7 Å². The summed E-state index contributed by atoms with van der Waals surface area (Å²) in [6.07, 6.45) is 1.17. The van der Waals surface area contributed by atoms with E-state index in [-0.39, 0.29) is 10.8 Å². The highest BCUT2D eigenvalue weighted by atomic mass is 32.2. The van der Waals surface area contributed by atoms with Crippen LogP contribution in [0.5, 0.6) is 5.75 Å². The third-order valence-corrected chi connectivity index (χ3v) is 6.49. The number of hydrogen-bond acceptors (Lipinski definition) is 4. The predicted octanol–water partition coefficient (Wildman–Crippen LogP) is 3.19. The average Bonchev–Trinajstić information content (AvgIpc) is 3.15. The molecule has 3 rings (SSSR count). The number of hydrogen-bond donors (Lipinski definition) is 1. The Bertz CT molecular complexity index is 893. The van der Waals surface area contributed by atoms with Crippen molar-refractivity contribution in [1.82, 2.24) is 4.31 Å². The molecule has 0 aliphatic carbocycles. The molecule has 1 heterocycles. The summed E-state index contributed by atoms with van der Waals surface area (Å²) in [5.41, 5.74) is 1.60. The Labute approximate surface area is 160 Å². The van der Waals surface area contributed by atoms with Gasteiger partial charge in [0.25, 0.3) is 0 Å². The molecule has 144 valence electrons. The number of carbonyl (C=O) groups excluding carboxylic acids is 1. The lowest BCUT2D eigenvalue weighted by atomic mass is 10.2. The summed E-state index contributed by atoms with van der Waals surface area (Å²) in [4.78, 5) is 12.9. The maximum Gasteiger partial charge on any atom is 0.243 e. The van der Waals surface area contributed by atoms with Crippen molar-refractivity contribution < 1.29 is 17.9 Å². The van der Waals surface area contributed by atoms with Gasteiger partial charge in [-0.1, -0.05) is 17.7 Å². The molecule has 2 aromatic carbocycles. The number of rotatable bonds is 6. The van der Waals surface area contributed by atoms with Crippen molar-refractivity contribution in [2.75, 3.05) is 18.5 Å². The van der Waals surface area contributed by atoms with Crippen molar-refractivity contribution in [3.05, 3.63) is 54.1 Å². The summed E-state index contributed by atoms with van der Waals surface area (Å²) in [5.74, 6) is 0.410. The van der Waals surface area contributed by atoms with E-state index < -0.39 is 16.1 Å². The van der Waals surface area contributed by atoms with Gasteiger partial charge in [0.1, 0.15) is 11.8 Å². The molecule has 0 bridgehead atoms. The monoisotopic (exact) mass is 388 g/mol. The first-order valence-electron chi connectivity index (χ1n) is 9.04. The second-order valence-electron chi connectivity index (χ2n) is 6.53. The van der Waals surface area contributed by atoms with Crippen LogP contribution in [0.25, 0.3) is 0 Å². The Morgan fingerprint density at radius 1 is 1.15 bits per heavy atom. The van der Waals surface area contributed by atoms with Crippen molar-refractivity contribution in [2.45, 2.75) is 37.6 Å². The Morgan fingerprint density at radius 3 is 2.44 bits per heavy atom. The van der Waals surface area contributed by atoms with Crippen LogP contribution in [0, 0.1) is 6.92 Å². The Hall–Kier alpha value is -2.38. The molecule has 6 nitrogen and oxygen atoms in total. The van der Waals surface area contributed by atoms with Crippen LogP contribution >= 0.6 is 0 Å². The summed E-state index contributed by atoms with van der Waals surface area (Å²) in [6, 6.07) is 13.0. The minimum absolute atomic E-state index is 0.217. The van der Waals surface area contributed by atoms with Gasteiger partial charge in [-0.2, -0.15) is 4.31 Å². The van der Waals surface area contributed by atoms with Crippen LogP contribution < -0.4 is 10.1 Å². The Balaban J connectivity index is 1.75. The van der Waals surface area contributed by atoms with Crippen LogP contribution in [0.1, 0.15) is 25.3 Å². The maximum atomic E-state index is 13.0. The van der Waals surface area contributed by atoms with Gasteiger partial charge in [0.15, 0.2) is 0 Å². The van der Waals surface area contributed by atoms with E-state index in [9.17, 15) is 13.2 Å². The van der Waals surface area contributed by atoms with E-state index in [1.165, 1.54) is 4.31 Å². The second-order valence-corrected chi connectivity index (χ2v) is 8.42. The molecule has 7 heteroatoms. The highest BCUT2D eigenvalue weighted by molar-refractivity contribution is 7.89. The number of benzene rings is 2. The summed E-state index contributed by atoms with van der Waals surface area (Å²) in [5, 5.41) is 2.82. The number of carbonyl (C=O) groups is 1. The van der Waals surface area contributed by atoms with E-state index in [0.717, 1.165) is 11.3 Å². The topological polar surface area (TPSA) is 75.7 Å². The van der Waals surface area contributed by atoms with Gasteiger partial charge in [-0.15, -0.1) is 0 Å². The average molecular weight is 388 g/mol. The largest absolute Gasteiger partial charge is 0.494 e. The number of aryl methyl sites for hydroxylation is 1. The molecule has 0 saturated carbocycles. The summed E-state index contributed by atoms with van der Waals surface area (Å²) in [7, 11) is -3.70. The van der Waals surface area contributed by atoms with E-state index in [4.69, 9.17) is 4.74 Å². The molecule has 1 saturated heterocycles. The molecule has 1 N–H and O–H groups in total. The third kappa shape index (κ3) is 4.31. The number of anilines is 1. The van der Waals surface area contributed by atoms with Crippen molar-refractivity contribution >= 4 is 21.6 Å². The second kappa shape index (κ2) is 8.10. The first-order valence-corrected chi connectivity index (χ1v) is 10.5. The molecule has 1 unspecified atom stereocenters. The molecule has 27 heavy (non-hydrogen) atoms. The first kappa shape index (κ1) is 19.4. The zero-order valence-electron chi connectivity index (χ0n) is 15.5. The first-order chi connectivity index (χ1) is 12.9. The van der Waals surface area contributed by atoms with Gasteiger partial charge in [0, 0.05) is 12.2 Å². The number of nitrogens with one attached hydrogen (secondary N) is 1. The van der Waals surface area contributed by atoms with Crippen LogP contribution in [0.15, 0.2) is 53.4 Å². The van der Waals surface area contributed by atoms with Crippen LogP contribution in [0.3, 0.4) is 0 Å². The third-order valence-electron chi connectivity index (χ3n) is 4.57. The smallest absolute Gasteiger partial charge is 0.243 e. The predicted molar refractivity (Wildman–Crippen MR) is 104 cm³/mol. The van der Waals surface area contributed by atoms with E-state index in [2.05, 4.69) is 5.32 Å². The molecule has 0 spiro atoms.